The third kappa shape index (κ3) is 1.85. The van der Waals surface area contributed by atoms with E-state index in [0.717, 1.165) is 18.6 Å². The van der Waals surface area contributed by atoms with Crippen LogP contribution in [0.4, 0.5) is 0 Å². The highest BCUT2D eigenvalue weighted by Crippen LogP contribution is 2.40. The molecule has 2 aliphatic heterocycles. The minimum atomic E-state index is -0.789. The molecule has 0 radical (unpaired) electrons. The Balaban J connectivity index is 1.91. The van der Waals surface area contributed by atoms with E-state index in [1.165, 1.54) is 0 Å². The van der Waals surface area contributed by atoms with Crippen molar-refractivity contribution in [3.05, 3.63) is 0 Å². The van der Waals surface area contributed by atoms with Gasteiger partial charge in [-0.15, -0.1) is 11.8 Å². The van der Waals surface area contributed by atoms with Crippen LogP contribution in [-0.4, -0.2) is 45.5 Å². The third-order valence-electron chi connectivity index (χ3n) is 3.19. The van der Waals surface area contributed by atoms with Gasteiger partial charge in [-0.25, -0.2) is 0 Å². The topological polar surface area (TPSA) is 57.6 Å². The Kier molecular flexibility index (Phi) is 2.66. The Labute approximate surface area is 93.0 Å². The van der Waals surface area contributed by atoms with E-state index in [0.29, 0.717) is 13.1 Å². The van der Waals surface area contributed by atoms with E-state index >= 15 is 0 Å². The number of nitrogens with zero attached hydrogens (tertiary/aromatic N) is 1. The molecule has 1 atom stereocenters. The highest BCUT2D eigenvalue weighted by molar-refractivity contribution is 8.01. The molecule has 0 bridgehead atoms. The van der Waals surface area contributed by atoms with Crippen molar-refractivity contribution in [1.29, 1.82) is 0 Å². The molecule has 0 saturated carbocycles. The van der Waals surface area contributed by atoms with Gasteiger partial charge in [0, 0.05) is 13.1 Å². The lowest BCUT2D eigenvalue weighted by Gasteiger charge is -2.40. The average Bonchev–Trinajstić information content (AvgIpc) is 2.49. The van der Waals surface area contributed by atoms with Crippen molar-refractivity contribution in [2.24, 2.45) is 5.92 Å². The van der Waals surface area contributed by atoms with Gasteiger partial charge >= 0.3 is 5.97 Å². The molecule has 0 aromatic heterocycles. The Morgan fingerprint density at radius 1 is 1.47 bits per heavy atom. The molecule has 2 fully saturated rings. The standard InChI is InChI=1S/C10H15NO3S/c1-10(3-2-4-15-10)9(14)11-5-7(6-11)8(12)13/h7H,2-6H2,1H3,(H,12,13). The largest absolute Gasteiger partial charge is 0.481 e. The molecule has 5 heteroatoms. The fourth-order valence-corrected chi connectivity index (χ4v) is 3.36. The predicted octanol–water partition coefficient (Wildman–Crippen LogP) is 0.815. The molecule has 0 aliphatic carbocycles. The summed E-state index contributed by atoms with van der Waals surface area (Å²) in [6, 6.07) is 0. The lowest BCUT2D eigenvalue weighted by Crippen LogP contribution is -2.57. The zero-order valence-electron chi connectivity index (χ0n) is 8.73. The SMILES string of the molecule is CC1(C(=O)N2CC(C(=O)O)C2)CCCS1. The Morgan fingerprint density at radius 2 is 2.13 bits per heavy atom. The predicted molar refractivity (Wildman–Crippen MR) is 57.8 cm³/mol. The van der Waals surface area contributed by atoms with Gasteiger partial charge in [-0.1, -0.05) is 0 Å². The number of aliphatic carboxylic acids is 1. The lowest BCUT2D eigenvalue weighted by atomic mass is 9.96. The fraction of sp³-hybridized carbons (Fsp3) is 0.800. The zero-order valence-corrected chi connectivity index (χ0v) is 9.55. The maximum Gasteiger partial charge on any atom is 0.310 e. The lowest BCUT2D eigenvalue weighted by molar-refractivity contribution is -0.153. The first kappa shape index (κ1) is 10.8. The van der Waals surface area contributed by atoms with Crippen molar-refractivity contribution in [2.45, 2.75) is 24.5 Å². The number of thioether (sulfide) groups is 1. The summed E-state index contributed by atoms with van der Waals surface area (Å²) in [6.07, 6.45) is 2.01. The van der Waals surface area contributed by atoms with E-state index in [-0.39, 0.29) is 16.6 Å². The van der Waals surface area contributed by atoms with Crippen LogP contribution >= 0.6 is 11.8 Å². The maximum atomic E-state index is 12.0. The molecule has 84 valence electrons. The van der Waals surface area contributed by atoms with E-state index in [4.69, 9.17) is 5.11 Å². The van der Waals surface area contributed by atoms with E-state index in [2.05, 4.69) is 0 Å². The molecule has 0 aromatic carbocycles. The molecule has 4 nitrogen and oxygen atoms in total. The summed E-state index contributed by atoms with van der Waals surface area (Å²) in [7, 11) is 0. The molecule has 0 spiro atoms. The summed E-state index contributed by atoms with van der Waals surface area (Å²) in [4.78, 5) is 24.3. The number of likely N-dealkylation sites (tertiary alicyclic amines) is 1. The first-order chi connectivity index (χ1) is 7.03. The van der Waals surface area contributed by atoms with Gasteiger partial charge in [-0.3, -0.25) is 9.59 Å². The van der Waals surface area contributed by atoms with Gasteiger partial charge in [0.25, 0.3) is 0 Å². The molecule has 15 heavy (non-hydrogen) atoms. The second-order valence-corrected chi connectivity index (χ2v) is 6.03. The molecule has 1 amide bonds. The Bertz CT molecular complexity index is 293. The first-order valence-corrected chi connectivity index (χ1v) is 6.18. The quantitative estimate of drug-likeness (QED) is 0.761. The minimum Gasteiger partial charge on any atom is -0.481 e. The monoisotopic (exact) mass is 229 g/mol. The van der Waals surface area contributed by atoms with Crippen molar-refractivity contribution in [3.63, 3.8) is 0 Å². The highest BCUT2D eigenvalue weighted by Gasteiger charge is 2.45. The normalized spacial score (nSPS) is 31.4. The fourth-order valence-electron chi connectivity index (χ4n) is 2.08. The van der Waals surface area contributed by atoms with Crippen LogP contribution in [0.3, 0.4) is 0 Å². The van der Waals surface area contributed by atoms with E-state index in [1.54, 1.807) is 16.7 Å². The maximum absolute atomic E-state index is 12.0. The summed E-state index contributed by atoms with van der Waals surface area (Å²) in [5.74, 6) is 0.0352. The van der Waals surface area contributed by atoms with Crippen LogP contribution in [0.15, 0.2) is 0 Å². The molecule has 0 aromatic rings. The molecule has 1 N–H and O–H groups in total. The molecule has 2 aliphatic rings. The van der Waals surface area contributed by atoms with Crippen LogP contribution in [0, 0.1) is 5.92 Å². The smallest absolute Gasteiger partial charge is 0.310 e. The van der Waals surface area contributed by atoms with E-state index in [1.807, 2.05) is 6.92 Å². The van der Waals surface area contributed by atoms with Crippen molar-refractivity contribution >= 4 is 23.6 Å². The first-order valence-electron chi connectivity index (χ1n) is 5.19. The molecule has 2 saturated heterocycles. The summed E-state index contributed by atoms with van der Waals surface area (Å²) < 4.78 is -0.288. The molecule has 1 unspecified atom stereocenters. The summed E-state index contributed by atoms with van der Waals surface area (Å²) >= 11 is 1.70. The number of amides is 1. The van der Waals surface area contributed by atoms with E-state index < -0.39 is 5.97 Å². The van der Waals surface area contributed by atoms with Gasteiger partial charge in [0.1, 0.15) is 0 Å². The van der Waals surface area contributed by atoms with Crippen LogP contribution in [0.5, 0.6) is 0 Å². The summed E-state index contributed by atoms with van der Waals surface area (Å²) in [5.41, 5.74) is 0. The number of carbonyl (C=O) groups excluding carboxylic acids is 1. The second kappa shape index (κ2) is 3.70. The average molecular weight is 229 g/mol. The molecule has 2 rings (SSSR count). The highest BCUT2D eigenvalue weighted by atomic mass is 32.2. The number of carboxylic acids is 1. The molecular weight excluding hydrogens is 214 g/mol. The summed E-state index contributed by atoms with van der Waals surface area (Å²) in [5, 5.41) is 8.72. The van der Waals surface area contributed by atoms with Crippen molar-refractivity contribution in [2.75, 3.05) is 18.8 Å². The van der Waals surface area contributed by atoms with Crippen LogP contribution in [0.1, 0.15) is 19.8 Å². The van der Waals surface area contributed by atoms with Crippen LogP contribution in [0.2, 0.25) is 0 Å². The van der Waals surface area contributed by atoms with Crippen LogP contribution in [0.25, 0.3) is 0 Å². The second-order valence-electron chi connectivity index (χ2n) is 4.43. The van der Waals surface area contributed by atoms with Gasteiger partial charge in [0.15, 0.2) is 0 Å². The number of carbonyl (C=O) groups is 2. The van der Waals surface area contributed by atoms with Gasteiger partial charge < -0.3 is 10.0 Å². The van der Waals surface area contributed by atoms with Gasteiger partial charge in [-0.05, 0) is 25.5 Å². The van der Waals surface area contributed by atoms with Crippen LogP contribution in [-0.2, 0) is 9.59 Å². The number of hydrogen-bond acceptors (Lipinski definition) is 3. The third-order valence-corrected chi connectivity index (χ3v) is 4.70. The van der Waals surface area contributed by atoms with E-state index in [9.17, 15) is 9.59 Å². The minimum absolute atomic E-state index is 0.127. The van der Waals surface area contributed by atoms with Gasteiger partial charge in [-0.2, -0.15) is 0 Å². The Morgan fingerprint density at radius 3 is 2.60 bits per heavy atom. The zero-order chi connectivity index (χ0) is 11.1. The van der Waals surface area contributed by atoms with Crippen molar-refractivity contribution in [1.82, 2.24) is 4.90 Å². The number of rotatable bonds is 2. The number of hydrogen-bond donors (Lipinski definition) is 1. The van der Waals surface area contributed by atoms with Gasteiger partial charge in [0.05, 0.1) is 10.7 Å². The van der Waals surface area contributed by atoms with Crippen LogP contribution < -0.4 is 0 Å². The van der Waals surface area contributed by atoms with Crippen molar-refractivity contribution in [3.8, 4) is 0 Å². The number of carboxylic acid groups (broad SMARTS) is 1. The van der Waals surface area contributed by atoms with Crippen molar-refractivity contribution < 1.29 is 14.7 Å². The Hall–Kier alpha value is -0.710. The van der Waals surface area contributed by atoms with Gasteiger partial charge in [0.2, 0.25) is 5.91 Å². The summed E-state index contributed by atoms with van der Waals surface area (Å²) in [6.45, 7) is 2.76. The molecule has 2 heterocycles. The molecular formula is C10H15NO3S.